The number of fused-ring (bicyclic) bond motifs is 6. The Kier molecular flexibility index (Phi) is 6.60. The van der Waals surface area contributed by atoms with Gasteiger partial charge in [-0.2, -0.15) is 0 Å². The van der Waals surface area contributed by atoms with Crippen molar-refractivity contribution in [2.75, 3.05) is 0 Å². The summed E-state index contributed by atoms with van der Waals surface area (Å²) < 4.78 is 4.87. The van der Waals surface area contributed by atoms with Crippen LogP contribution in [0.4, 0.5) is 0 Å². The molecule has 0 spiro atoms. The first-order chi connectivity index (χ1) is 24.8. The van der Waals surface area contributed by atoms with Gasteiger partial charge in [0.15, 0.2) is 17.5 Å². The van der Waals surface area contributed by atoms with Gasteiger partial charge in [0.05, 0.1) is 11.0 Å². The van der Waals surface area contributed by atoms with Gasteiger partial charge in [0.1, 0.15) is 5.82 Å². The third kappa shape index (κ3) is 4.77. The highest BCUT2D eigenvalue weighted by molar-refractivity contribution is 7.25. The van der Waals surface area contributed by atoms with E-state index in [4.69, 9.17) is 19.9 Å². The van der Waals surface area contributed by atoms with Crippen molar-refractivity contribution in [3.63, 3.8) is 0 Å². The second-order valence-corrected chi connectivity index (χ2v) is 13.4. The van der Waals surface area contributed by atoms with Crippen LogP contribution in [0.25, 0.3) is 93.1 Å². The number of nitrogens with zero attached hydrogens (tertiary/aromatic N) is 5. The minimum absolute atomic E-state index is 0.598. The molecule has 0 amide bonds. The highest BCUT2D eigenvalue weighted by atomic mass is 32.1. The second kappa shape index (κ2) is 11.6. The lowest BCUT2D eigenvalue weighted by Gasteiger charge is -2.11. The molecule has 0 saturated heterocycles. The normalized spacial score (nSPS) is 11.6. The van der Waals surface area contributed by atoms with Crippen molar-refractivity contribution < 1.29 is 0 Å². The second-order valence-electron chi connectivity index (χ2n) is 12.3. The average Bonchev–Trinajstić information content (AvgIpc) is 3.73. The molecule has 5 nitrogen and oxygen atoms in total. The van der Waals surface area contributed by atoms with E-state index >= 15 is 0 Å². The lowest BCUT2D eigenvalue weighted by atomic mass is 10.0. The zero-order chi connectivity index (χ0) is 33.0. The molecule has 234 valence electrons. The smallest absolute Gasteiger partial charge is 0.164 e. The molecule has 0 radical (unpaired) electrons. The molecule has 6 aromatic carbocycles. The van der Waals surface area contributed by atoms with Gasteiger partial charge in [-0.15, -0.1) is 11.3 Å². The molecule has 10 rings (SSSR count). The number of benzene rings is 6. The van der Waals surface area contributed by atoms with Crippen molar-refractivity contribution in [3.8, 4) is 51.1 Å². The summed E-state index contributed by atoms with van der Waals surface area (Å²) >= 11 is 1.85. The summed E-state index contributed by atoms with van der Waals surface area (Å²) in [6.45, 7) is 0. The molecule has 0 saturated carbocycles. The molecular weight excluding hydrogens is 631 g/mol. The Hall–Kier alpha value is -6.50. The van der Waals surface area contributed by atoms with E-state index in [0.717, 1.165) is 33.5 Å². The Bertz CT molecular complexity index is 2820. The van der Waals surface area contributed by atoms with Crippen molar-refractivity contribution in [2.24, 2.45) is 0 Å². The van der Waals surface area contributed by atoms with Crippen LogP contribution in [0.5, 0.6) is 0 Å². The number of hydrogen-bond acceptors (Lipinski definition) is 5. The number of hydrogen-bond donors (Lipinski definition) is 0. The van der Waals surface area contributed by atoms with Gasteiger partial charge < -0.3 is 0 Å². The maximum absolute atomic E-state index is 4.97. The molecule has 4 heterocycles. The fourth-order valence-electron chi connectivity index (χ4n) is 6.92. The maximum Gasteiger partial charge on any atom is 0.164 e. The van der Waals surface area contributed by atoms with Gasteiger partial charge in [0.2, 0.25) is 0 Å². The first kappa shape index (κ1) is 28.5. The number of pyridine rings is 1. The average molecular weight is 658 g/mol. The van der Waals surface area contributed by atoms with E-state index in [2.05, 4.69) is 95.6 Å². The Morgan fingerprint density at radius 1 is 0.380 bits per heavy atom. The van der Waals surface area contributed by atoms with Gasteiger partial charge in [-0.3, -0.25) is 4.57 Å². The minimum Gasteiger partial charge on any atom is -0.294 e. The van der Waals surface area contributed by atoms with Crippen molar-refractivity contribution in [1.29, 1.82) is 0 Å². The van der Waals surface area contributed by atoms with E-state index in [0.29, 0.717) is 17.5 Å². The standard InChI is InChI=1S/C44H27N5S/c1-3-11-28(12-4-1)42-46-43(29-13-5-2-6-14-29)48-44(47-42)32-23-24-45-41(27-32)49-37-17-9-7-15-33(37)35-25-30(19-21-38(35)49)31-20-22-40-36(26-31)34-16-8-10-18-39(34)50-40/h1-27H. The summed E-state index contributed by atoms with van der Waals surface area (Å²) in [5.41, 5.74) is 7.32. The summed E-state index contributed by atoms with van der Waals surface area (Å²) in [6.07, 6.45) is 1.84. The van der Waals surface area contributed by atoms with Crippen molar-refractivity contribution in [2.45, 2.75) is 0 Å². The third-order valence-corrected chi connectivity index (χ3v) is 10.5. The van der Waals surface area contributed by atoms with E-state index in [1.807, 2.05) is 84.3 Å². The van der Waals surface area contributed by atoms with Crippen LogP contribution in [0.3, 0.4) is 0 Å². The zero-order valence-electron chi connectivity index (χ0n) is 26.7. The monoisotopic (exact) mass is 657 g/mol. The SMILES string of the molecule is c1ccc(-c2nc(-c3ccccc3)nc(-c3ccnc(-n4c5ccccc5c5cc(-c6ccc7sc8ccccc8c7c6)ccc54)c3)n2)cc1. The fraction of sp³-hybridized carbons (Fsp3) is 0. The molecule has 0 bridgehead atoms. The van der Waals surface area contributed by atoms with E-state index in [9.17, 15) is 0 Å². The molecule has 0 aliphatic rings. The fourth-order valence-corrected chi connectivity index (χ4v) is 8.01. The molecular formula is C44H27N5S. The van der Waals surface area contributed by atoms with E-state index < -0.39 is 0 Å². The quantitative estimate of drug-likeness (QED) is 0.185. The Balaban J connectivity index is 1.12. The highest BCUT2D eigenvalue weighted by Gasteiger charge is 2.17. The van der Waals surface area contributed by atoms with E-state index in [1.165, 1.54) is 42.1 Å². The number of aromatic nitrogens is 5. The van der Waals surface area contributed by atoms with Crippen LogP contribution in [0.2, 0.25) is 0 Å². The van der Waals surface area contributed by atoms with Crippen molar-refractivity contribution >= 4 is 53.3 Å². The summed E-state index contributed by atoms with van der Waals surface area (Å²) in [4.78, 5) is 19.7. The van der Waals surface area contributed by atoms with Crippen LogP contribution in [0.1, 0.15) is 0 Å². The van der Waals surface area contributed by atoms with Gasteiger partial charge in [-0.25, -0.2) is 19.9 Å². The molecule has 0 fully saturated rings. The van der Waals surface area contributed by atoms with Crippen LogP contribution in [-0.4, -0.2) is 24.5 Å². The summed E-state index contributed by atoms with van der Waals surface area (Å²) in [5, 5.41) is 4.97. The molecule has 10 aromatic rings. The van der Waals surface area contributed by atoms with E-state index in [-0.39, 0.29) is 0 Å². The van der Waals surface area contributed by atoms with Crippen LogP contribution >= 0.6 is 11.3 Å². The Morgan fingerprint density at radius 3 is 1.68 bits per heavy atom. The predicted octanol–water partition coefficient (Wildman–Crippen LogP) is 11.4. The largest absolute Gasteiger partial charge is 0.294 e. The molecule has 6 heteroatoms. The van der Waals surface area contributed by atoms with Gasteiger partial charge >= 0.3 is 0 Å². The molecule has 4 aromatic heterocycles. The van der Waals surface area contributed by atoms with E-state index in [1.54, 1.807) is 0 Å². The van der Waals surface area contributed by atoms with Crippen LogP contribution in [0, 0.1) is 0 Å². The number of rotatable bonds is 5. The first-order valence-electron chi connectivity index (χ1n) is 16.6. The predicted molar refractivity (Wildman–Crippen MR) is 207 cm³/mol. The van der Waals surface area contributed by atoms with Gasteiger partial charge in [0, 0.05) is 53.8 Å². The molecule has 0 atom stereocenters. The topological polar surface area (TPSA) is 56.5 Å². The van der Waals surface area contributed by atoms with Crippen molar-refractivity contribution in [1.82, 2.24) is 24.5 Å². The van der Waals surface area contributed by atoms with Crippen LogP contribution < -0.4 is 0 Å². The Morgan fingerprint density at radius 2 is 0.940 bits per heavy atom. The summed E-state index contributed by atoms with van der Waals surface area (Å²) in [7, 11) is 0. The maximum atomic E-state index is 4.97. The lowest BCUT2D eigenvalue weighted by molar-refractivity contribution is 1.05. The Labute approximate surface area is 291 Å². The van der Waals surface area contributed by atoms with Gasteiger partial charge in [0.25, 0.3) is 0 Å². The number of thiophene rings is 1. The van der Waals surface area contributed by atoms with Gasteiger partial charge in [-0.05, 0) is 59.7 Å². The molecule has 0 aliphatic carbocycles. The van der Waals surface area contributed by atoms with Crippen molar-refractivity contribution in [3.05, 3.63) is 164 Å². The molecule has 50 heavy (non-hydrogen) atoms. The lowest BCUT2D eigenvalue weighted by Crippen LogP contribution is -2.02. The van der Waals surface area contributed by atoms with Crippen LogP contribution in [-0.2, 0) is 0 Å². The van der Waals surface area contributed by atoms with Gasteiger partial charge in [-0.1, -0.05) is 109 Å². The molecule has 0 aliphatic heterocycles. The highest BCUT2D eigenvalue weighted by Crippen LogP contribution is 2.39. The molecule has 0 N–H and O–H groups in total. The summed E-state index contributed by atoms with van der Waals surface area (Å²) in [5.74, 6) is 2.66. The minimum atomic E-state index is 0.598. The molecule has 0 unspecified atom stereocenters. The zero-order valence-corrected chi connectivity index (χ0v) is 27.5. The first-order valence-corrected chi connectivity index (χ1v) is 17.4. The third-order valence-electron chi connectivity index (χ3n) is 9.31. The van der Waals surface area contributed by atoms with Crippen LogP contribution in [0.15, 0.2) is 164 Å². The summed E-state index contributed by atoms with van der Waals surface area (Å²) in [6, 6.07) is 55.0. The number of para-hydroxylation sites is 1.